The van der Waals surface area contributed by atoms with Gasteiger partial charge in [0.05, 0.1) is 11.4 Å². The van der Waals surface area contributed by atoms with E-state index in [1.807, 2.05) is 60.7 Å². The normalized spacial score (nSPS) is 15.3. The highest BCUT2D eigenvalue weighted by molar-refractivity contribution is 8.18. The first-order valence-electron chi connectivity index (χ1n) is 9.01. The van der Waals surface area contributed by atoms with Crippen LogP contribution in [0.5, 0.6) is 0 Å². The minimum atomic E-state index is -0.278. The summed E-state index contributed by atoms with van der Waals surface area (Å²) < 4.78 is 0. The summed E-state index contributed by atoms with van der Waals surface area (Å²) in [7, 11) is 0. The Bertz CT molecular complexity index is 1110. The number of nitrogens with zero attached hydrogens (tertiary/aromatic N) is 1. The lowest BCUT2D eigenvalue weighted by molar-refractivity contribution is -0.123. The van der Waals surface area contributed by atoms with Crippen LogP contribution in [0.15, 0.2) is 87.5 Å². The molecule has 150 valence electrons. The van der Waals surface area contributed by atoms with E-state index in [-0.39, 0.29) is 17.7 Å². The number of carbonyl (C=O) groups is 2. The zero-order valence-corrected chi connectivity index (χ0v) is 18.7. The standard InChI is InChI=1S/C23H15Cl2NO2S2/c24-17-5-1-16(2-6-17)14-26-22(27)21(30-23(26)28)13-15-3-9-19(10-4-15)29-20-11-7-18(25)8-12-20/h1-13H,14H2/b21-13-. The second kappa shape index (κ2) is 9.31. The molecule has 2 amide bonds. The Morgan fingerprint density at radius 1 is 0.800 bits per heavy atom. The molecule has 0 radical (unpaired) electrons. The molecule has 1 aliphatic rings. The fraction of sp³-hybridized carbons (Fsp3) is 0.0435. The number of amides is 2. The minimum absolute atomic E-state index is 0.232. The van der Waals surface area contributed by atoms with Crippen LogP contribution in [0, 0.1) is 0 Å². The first-order valence-corrected chi connectivity index (χ1v) is 11.4. The summed E-state index contributed by atoms with van der Waals surface area (Å²) in [6, 6.07) is 22.6. The summed E-state index contributed by atoms with van der Waals surface area (Å²) in [5.41, 5.74) is 1.72. The Morgan fingerprint density at radius 2 is 1.33 bits per heavy atom. The van der Waals surface area contributed by atoms with Gasteiger partial charge in [-0.15, -0.1) is 0 Å². The van der Waals surface area contributed by atoms with Crippen molar-refractivity contribution in [2.24, 2.45) is 0 Å². The number of rotatable bonds is 5. The molecule has 0 N–H and O–H groups in total. The number of hydrogen-bond donors (Lipinski definition) is 0. The quantitative estimate of drug-likeness (QED) is 0.363. The number of hydrogen-bond acceptors (Lipinski definition) is 4. The lowest BCUT2D eigenvalue weighted by Crippen LogP contribution is -2.27. The number of benzene rings is 3. The van der Waals surface area contributed by atoms with Crippen LogP contribution < -0.4 is 0 Å². The first-order chi connectivity index (χ1) is 14.5. The van der Waals surface area contributed by atoms with Crippen molar-refractivity contribution in [1.29, 1.82) is 0 Å². The van der Waals surface area contributed by atoms with E-state index in [4.69, 9.17) is 23.2 Å². The molecule has 0 unspecified atom stereocenters. The first kappa shape index (κ1) is 21.1. The molecule has 30 heavy (non-hydrogen) atoms. The van der Waals surface area contributed by atoms with E-state index in [1.54, 1.807) is 30.0 Å². The Balaban J connectivity index is 1.45. The molecule has 1 heterocycles. The van der Waals surface area contributed by atoms with E-state index in [9.17, 15) is 9.59 Å². The van der Waals surface area contributed by atoms with Crippen LogP contribution >= 0.6 is 46.7 Å². The summed E-state index contributed by atoms with van der Waals surface area (Å²) in [4.78, 5) is 28.9. The topological polar surface area (TPSA) is 37.4 Å². The molecule has 0 saturated carbocycles. The van der Waals surface area contributed by atoms with Crippen molar-refractivity contribution in [2.75, 3.05) is 0 Å². The summed E-state index contributed by atoms with van der Waals surface area (Å²) in [6.45, 7) is 0.232. The third-order valence-electron chi connectivity index (χ3n) is 4.35. The highest BCUT2D eigenvalue weighted by atomic mass is 35.5. The van der Waals surface area contributed by atoms with Gasteiger partial charge in [0.25, 0.3) is 11.1 Å². The molecular weight excluding hydrogens is 457 g/mol. The number of halogens is 2. The molecule has 1 saturated heterocycles. The third-order valence-corrected chi connectivity index (χ3v) is 6.78. The zero-order valence-electron chi connectivity index (χ0n) is 15.5. The van der Waals surface area contributed by atoms with Crippen molar-refractivity contribution in [1.82, 2.24) is 4.90 Å². The van der Waals surface area contributed by atoms with Gasteiger partial charge in [0.1, 0.15) is 0 Å². The van der Waals surface area contributed by atoms with Crippen molar-refractivity contribution < 1.29 is 9.59 Å². The van der Waals surface area contributed by atoms with Gasteiger partial charge in [0, 0.05) is 19.8 Å². The maximum absolute atomic E-state index is 12.7. The van der Waals surface area contributed by atoms with Gasteiger partial charge in [-0.1, -0.05) is 59.2 Å². The molecule has 3 aromatic carbocycles. The van der Waals surface area contributed by atoms with Crippen LogP contribution in [-0.4, -0.2) is 16.0 Å². The van der Waals surface area contributed by atoms with Crippen LogP contribution in [0.4, 0.5) is 4.79 Å². The SMILES string of the molecule is O=C1S/C(=C\c2ccc(Sc3ccc(Cl)cc3)cc2)C(=O)N1Cc1ccc(Cl)cc1. The van der Waals surface area contributed by atoms with Crippen molar-refractivity contribution >= 4 is 63.9 Å². The predicted molar refractivity (Wildman–Crippen MR) is 125 cm³/mol. The number of imide groups is 1. The van der Waals surface area contributed by atoms with E-state index in [2.05, 4.69) is 0 Å². The van der Waals surface area contributed by atoms with E-state index in [0.717, 1.165) is 32.7 Å². The molecule has 1 aliphatic heterocycles. The van der Waals surface area contributed by atoms with E-state index >= 15 is 0 Å². The highest BCUT2D eigenvalue weighted by Gasteiger charge is 2.34. The lowest BCUT2D eigenvalue weighted by Gasteiger charge is -2.12. The van der Waals surface area contributed by atoms with Crippen LogP contribution in [0.1, 0.15) is 11.1 Å². The average molecular weight is 472 g/mol. The van der Waals surface area contributed by atoms with Gasteiger partial charge in [-0.2, -0.15) is 0 Å². The summed E-state index contributed by atoms with van der Waals surface area (Å²) in [5.74, 6) is -0.278. The molecule has 3 nitrogen and oxygen atoms in total. The van der Waals surface area contributed by atoms with E-state index < -0.39 is 0 Å². The van der Waals surface area contributed by atoms with Crippen LogP contribution in [0.3, 0.4) is 0 Å². The van der Waals surface area contributed by atoms with Crippen molar-refractivity contribution in [3.63, 3.8) is 0 Å². The molecule has 0 bridgehead atoms. The number of thioether (sulfide) groups is 1. The van der Waals surface area contributed by atoms with Crippen molar-refractivity contribution in [3.05, 3.63) is 98.9 Å². The fourth-order valence-corrected chi connectivity index (χ4v) is 4.74. The molecular formula is C23H15Cl2NO2S2. The van der Waals surface area contributed by atoms with E-state index in [1.165, 1.54) is 4.90 Å². The lowest BCUT2D eigenvalue weighted by atomic mass is 10.2. The smallest absolute Gasteiger partial charge is 0.268 e. The Labute approximate surface area is 193 Å². The third kappa shape index (κ3) is 5.10. The molecule has 7 heteroatoms. The number of carbonyl (C=O) groups excluding carboxylic acids is 2. The van der Waals surface area contributed by atoms with Crippen LogP contribution in [-0.2, 0) is 11.3 Å². The zero-order chi connectivity index (χ0) is 21.1. The van der Waals surface area contributed by atoms with Gasteiger partial charge < -0.3 is 0 Å². The summed E-state index contributed by atoms with van der Waals surface area (Å²) >= 11 is 14.4. The summed E-state index contributed by atoms with van der Waals surface area (Å²) in [5, 5.41) is 1.06. The fourth-order valence-electron chi connectivity index (χ4n) is 2.83. The Hall–Kier alpha value is -2.18. The van der Waals surface area contributed by atoms with Crippen molar-refractivity contribution in [2.45, 2.75) is 16.3 Å². The van der Waals surface area contributed by atoms with Crippen molar-refractivity contribution in [3.8, 4) is 0 Å². The van der Waals surface area contributed by atoms with Gasteiger partial charge in [0.15, 0.2) is 0 Å². The van der Waals surface area contributed by atoms with Gasteiger partial charge in [-0.3, -0.25) is 14.5 Å². The second-order valence-corrected chi connectivity index (χ2v) is 9.53. The molecule has 4 rings (SSSR count). The maximum atomic E-state index is 12.7. The molecule has 0 aromatic heterocycles. The monoisotopic (exact) mass is 471 g/mol. The molecule has 0 spiro atoms. The minimum Gasteiger partial charge on any atom is -0.268 e. The van der Waals surface area contributed by atoms with Gasteiger partial charge in [0.2, 0.25) is 0 Å². The van der Waals surface area contributed by atoms with Gasteiger partial charge in [-0.05, 0) is 77.5 Å². The Morgan fingerprint density at radius 3 is 1.93 bits per heavy atom. The molecule has 1 fully saturated rings. The van der Waals surface area contributed by atoms with Crippen LogP contribution in [0.2, 0.25) is 10.0 Å². The largest absolute Gasteiger partial charge is 0.293 e. The maximum Gasteiger partial charge on any atom is 0.293 e. The summed E-state index contributed by atoms with van der Waals surface area (Å²) in [6.07, 6.45) is 1.75. The van der Waals surface area contributed by atoms with Gasteiger partial charge >= 0.3 is 0 Å². The molecule has 0 atom stereocenters. The average Bonchev–Trinajstić information content (AvgIpc) is 3.00. The van der Waals surface area contributed by atoms with Gasteiger partial charge in [-0.25, -0.2) is 0 Å². The van der Waals surface area contributed by atoms with E-state index in [0.29, 0.717) is 15.0 Å². The molecule has 0 aliphatic carbocycles. The van der Waals surface area contributed by atoms with Crippen LogP contribution in [0.25, 0.3) is 6.08 Å². The highest BCUT2D eigenvalue weighted by Crippen LogP contribution is 2.34. The Kier molecular flexibility index (Phi) is 6.54. The second-order valence-electron chi connectivity index (χ2n) is 6.52. The predicted octanol–water partition coefficient (Wildman–Crippen LogP) is 7.38. The molecule has 3 aromatic rings.